The summed E-state index contributed by atoms with van der Waals surface area (Å²) in [5.74, 6) is 0.900. The van der Waals surface area contributed by atoms with Gasteiger partial charge in [-0.1, -0.05) is 103 Å². The number of aryl methyl sites for hydroxylation is 1. The molecule has 38 heavy (non-hydrogen) atoms. The number of aromatic nitrogens is 1. The Bertz CT molecular complexity index is 2010. The highest BCUT2D eigenvalue weighted by atomic mass is 16.5. The Morgan fingerprint density at radius 1 is 0.553 bits per heavy atom. The van der Waals surface area contributed by atoms with E-state index in [4.69, 9.17) is 4.74 Å². The van der Waals surface area contributed by atoms with Gasteiger partial charge in [-0.25, -0.2) is 0 Å². The molecular weight excluding hydrogens is 462 g/mol. The first-order valence-corrected chi connectivity index (χ1v) is 13.1. The van der Waals surface area contributed by atoms with Crippen molar-refractivity contribution >= 4 is 49.4 Å². The minimum absolute atomic E-state index is 0.692. The van der Waals surface area contributed by atoms with Crippen LogP contribution in [0.1, 0.15) is 16.7 Å². The maximum absolute atomic E-state index is 7.06. The Labute approximate surface area is 221 Å². The van der Waals surface area contributed by atoms with Crippen LogP contribution < -0.4 is 4.74 Å². The van der Waals surface area contributed by atoms with E-state index >= 15 is 0 Å². The van der Waals surface area contributed by atoms with E-state index in [1.807, 2.05) is 0 Å². The quantitative estimate of drug-likeness (QED) is 0.222. The summed E-state index contributed by atoms with van der Waals surface area (Å²) in [7, 11) is 2.17. The zero-order chi connectivity index (χ0) is 25.3. The number of hydrogen-bond donors (Lipinski definition) is 0. The zero-order valence-electron chi connectivity index (χ0n) is 21.1. The van der Waals surface area contributed by atoms with Crippen LogP contribution in [-0.2, 0) is 12.6 Å². The second-order valence-corrected chi connectivity index (χ2v) is 10.2. The minimum Gasteiger partial charge on any atom is -0.473 e. The van der Waals surface area contributed by atoms with E-state index in [-0.39, 0.29) is 0 Å². The van der Waals surface area contributed by atoms with Crippen molar-refractivity contribution in [2.75, 3.05) is 0 Å². The molecule has 1 aromatic heterocycles. The van der Waals surface area contributed by atoms with Crippen molar-refractivity contribution in [3.8, 4) is 5.75 Å². The monoisotopic (exact) mass is 487 g/mol. The molecular formula is C36H25NO. The van der Waals surface area contributed by atoms with Gasteiger partial charge in [0, 0.05) is 45.5 Å². The van der Waals surface area contributed by atoms with E-state index in [0.29, 0.717) is 0 Å². The van der Waals surface area contributed by atoms with Crippen LogP contribution in [0.25, 0.3) is 49.4 Å². The molecule has 0 saturated carbocycles. The lowest BCUT2D eigenvalue weighted by atomic mass is 9.83. The molecule has 0 N–H and O–H groups in total. The fourth-order valence-electron chi connectivity index (χ4n) is 6.39. The van der Waals surface area contributed by atoms with E-state index in [0.717, 1.165) is 22.4 Å². The molecule has 0 amide bonds. The molecule has 0 radical (unpaired) electrons. The number of benzene rings is 6. The molecule has 8 rings (SSSR count). The highest BCUT2D eigenvalue weighted by Gasteiger charge is 2.37. The van der Waals surface area contributed by atoms with Gasteiger partial charge in [0.25, 0.3) is 0 Å². The van der Waals surface area contributed by atoms with E-state index < -0.39 is 5.60 Å². The van der Waals surface area contributed by atoms with Crippen LogP contribution in [-0.4, -0.2) is 4.57 Å². The van der Waals surface area contributed by atoms with Crippen LogP contribution in [0.4, 0.5) is 0 Å². The lowest BCUT2D eigenvalue weighted by Gasteiger charge is -2.36. The van der Waals surface area contributed by atoms with Crippen molar-refractivity contribution in [1.82, 2.24) is 4.57 Å². The highest BCUT2D eigenvalue weighted by molar-refractivity contribution is 6.29. The Morgan fingerprint density at radius 3 is 1.92 bits per heavy atom. The Balaban J connectivity index is 1.48. The number of hydrogen-bond acceptors (Lipinski definition) is 1. The van der Waals surface area contributed by atoms with Crippen molar-refractivity contribution in [2.24, 2.45) is 7.05 Å². The van der Waals surface area contributed by atoms with Crippen LogP contribution in [0.2, 0.25) is 0 Å². The molecule has 0 fully saturated rings. The van der Waals surface area contributed by atoms with Crippen molar-refractivity contribution in [2.45, 2.75) is 5.60 Å². The molecule has 0 unspecified atom stereocenters. The van der Waals surface area contributed by atoms with Gasteiger partial charge in [-0.05, 0) is 51.9 Å². The molecule has 1 aliphatic heterocycles. The minimum atomic E-state index is -0.692. The van der Waals surface area contributed by atoms with Gasteiger partial charge in [-0.3, -0.25) is 0 Å². The molecule has 6 aromatic carbocycles. The van der Waals surface area contributed by atoms with Crippen LogP contribution in [0.5, 0.6) is 5.75 Å². The maximum Gasteiger partial charge on any atom is 0.178 e. The number of nitrogens with zero attached hydrogens (tertiary/aromatic N) is 1. The van der Waals surface area contributed by atoms with Gasteiger partial charge in [-0.15, -0.1) is 0 Å². The molecule has 180 valence electrons. The molecule has 0 bridgehead atoms. The van der Waals surface area contributed by atoms with E-state index in [1.165, 1.54) is 43.4 Å². The number of rotatable bonds is 2. The van der Waals surface area contributed by atoms with Gasteiger partial charge < -0.3 is 9.30 Å². The summed E-state index contributed by atoms with van der Waals surface area (Å²) in [4.78, 5) is 0. The summed E-state index contributed by atoms with van der Waals surface area (Å²) >= 11 is 0. The highest BCUT2D eigenvalue weighted by Crippen LogP contribution is 2.47. The summed E-state index contributed by atoms with van der Waals surface area (Å²) in [6.45, 7) is 0. The van der Waals surface area contributed by atoms with Crippen molar-refractivity contribution < 1.29 is 4.74 Å². The van der Waals surface area contributed by atoms with Crippen molar-refractivity contribution in [3.63, 3.8) is 0 Å². The van der Waals surface area contributed by atoms with Gasteiger partial charge >= 0.3 is 0 Å². The predicted octanol–water partition coefficient (Wildman–Crippen LogP) is 8.99. The standard InChI is InChI=1S/C36H25NO/c1-37-30-20-21-32-29(22-23-36(38-32,26-11-4-2-5-12-26)27-13-6-3-7-14-27)34(30)35-31(37)19-18-25-17-16-24-10-8-9-15-28(24)33(25)35/h2-23H,1H3. The molecule has 2 heteroatoms. The van der Waals surface area contributed by atoms with Crippen molar-refractivity contribution in [1.29, 1.82) is 0 Å². The van der Waals surface area contributed by atoms with Crippen LogP contribution >= 0.6 is 0 Å². The van der Waals surface area contributed by atoms with Gasteiger partial charge in [-0.2, -0.15) is 0 Å². The van der Waals surface area contributed by atoms with Crippen LogP contribution in [0, 0.1) is 0 Å². The second-order valence-electron chi connectivity index (χ2n) is 10.2. The Morgan fingerprint density at radius 2 is 1.16 bits per heavy atom. The van der Waals surface area contributed by atoms with Gasteiger partial charge in [0.15, 0.2) is 5.60 Å². The first-order valence-electron chi connectivity index (χ1n) is 13.1. The second kappa shape index (κ2) is 7.84. The lowest BCUT2D eigenvalue weighted by Crippen LogP contribution is -2.34. The fraction of sp³-hybridized carbons (Fsp3) is 0.0556. The van der Waals surface area contributed by atoms with Gasteiger partial charge in [0.05, 0.1) is 0 Å². The molecule has 2 nitrogen and oxygen atoms in total. The third-order valence-electron chi connectivity index (χ3n) is 8.21. The first kappa shape index (κ1) is 21.3. The number of ether oxygens (including phenoxy) is 1. The fourth-order valence-corrected chi connectivity index (χ4v) is 6.39. The number of fused-ring (bicyclic) bond motifs is 9. The van der Waals surface area contributed by atoms with Crippen LogP contribution in [0.3, 0.4) is 0 Å². The van der Waals surface area contributed by atoms with Crippen LogP contribution in [0.15, 0.2) is 127 Å². The summed E-state index contributed by atoms with van der Waals surface area (Å²) < 4.78 is 9.38. The zero-order valence-corrected chi connectivity index (χ0v) is 21.1. The topological polar surface area (TPSA) is 14.2 Å². The molecule has 0 aliphatic carbocycles. The third kappa shape index (κ3) is 2.83. The smallest absolute Gasteiger partial charge is 0.178 e. The van der Waals surface area contributed by atoms with Gasteiger partial charge in [0.2, 0.25) is 0 Å². The predicted molar refractivity (Wildman–Crippen MR) is 159 cm³/mol. The van der Waals surface area contributed by atoms with E-state index in [2.05, 4.69) is 145 Å². The summed E-state index contributed by atoms with van der Waals surface area (Å²) in [6.07, 6.45) is 4.52. The third-order valence-corrected chi connectivity index (χ3v) is 8.21. The molecule has 0 spiro atoms. The largest absolute Gasteiger partial charge is 0.473 e. The van der Waals surface area contributed by atoms with Crippen molar-refractivity contribution in [3.05, 3.63) is 144 Å². The van der Waals surface area contributed by atoms with Gasteiger partial charge in [0.1, 0.15) is 5.75 Å². The SMILES string of the molecule is Cn1c2ccc3c(c2c2c4c(ccc5ccccc54)ccc21)C=CC(c1ccccc1)(c1ccccc1)O3. The maximum atomic E-state index is 7.06. The molecule has 0 atom stereocenters. The van der Waals surface area contributed by atoms with E-state index in [1.54, 1.807) is 0 Å². The Kier molecular flexibility index (Phi) is 4.39. The molecule has 2 heterocycles. The normalized spacial score (nSPS) is 14.2. The molecule has 7 aromatic rings. The summed E-state index contributed by atoms with van der Waals surface area (Å²) in [5.41, 5.74) is 5.11. The average molecular weight is 488 g/mol. The average Bonchev–Trinajstić information content (AvgIpc) is 3.29. The molecule has 1 aliphatic rings. The Hall–Kier alpha value is -4.82. The first-order chi connectivity index (χ1) is 18.7. The van der Waals surface area contributed by atoms with E-state index in [9.17, 15) is 0 Å². The lowest BCUT2D eigenvalue weighted by molar-refractivity contribution is 0.161. The molecule has 0 saturated heterocycles. The summed E-state index contributed by atoms with van der Waals surface area (Å²) in [6, 6.07) is 43.1. The summed E-state index contributed by atoms with van der Waals surface area (Å²) in [5, 5.41) is 7.63.